The van der Waals surface area contributed by atoms with Crippen molar-refractivity contribution in [3.63, 3.8) is 0 Å². The van der Waals surface area contributed by atoms with Gasteiger partial charge < -0.3 is 20.3 Å². The average Bonchev–Trinajstić information content (AvgIpc) is 2.88. The molecule has 0 saturated carbocycles. The van der Waals surface area contributed by atoms with Gasteiger partial charge in [-0.3, -0.25) is 9.79 Å². The highest BCUT2D eigenvalue weighted by Gasteiger charge is 2.31. The lowest BCUT2D eigenvalue weighted by atomic mass is 9.99. The number of amides is 1. The summed E-state index contributed by atoms with van der Waals surface area (Å²) < 4.78 is 5.72. The number of carbonyl (C=O) groups is 1. The van der Waals surface area contributed by atoms with E-state index in [1.807, 2.05) is 16.7 Å². The Bertz CT molecular complexity index is 459. The fraction of sp³-hybridized carbons (Fsp3) is 0.895. The van der Waals surface area contributed by atoms with Gasteiger partial charge in [-0.2, -0.15) is 11.8 Å². The number of rotatable bonds is 8. The predicted octanol–water partition coefficient (Wildman–Crippen LogP) is 2.86. The highest BCUT2D eigenvalue weighted by molar-refractivity contribution is 14.0. The van der Waals surface area contributed by atoms with E-state index < -0.39 is 0 Å². The van der Waals surface area contributed by atoms with Gasteiger partial charge in [0.25, 0.3) is 0 Å². The lowest BCUT2D eigenvalue weighted by molar-refractivity contribution is -0.130. The van der Waals surface area contributed by atoms with E-state index >= 15 is 0 Å². The van der Waals surface area contributed by atoms with Gasteiger partial charge in [0.15, 0.2) is 5.96 Å². The van der Waals surface area contributed by atoms with Crippen LogP contribution in [0.25, 0.3) is 0 Å². The molecule has 1 amide bonds. The first kappa shape index (κ1) is 24.8. The summed E-state index contributed by atoms with van der Waals surface area (Å²) in [6, 6.07) is 0. The van der Waals surface area contributed by atoms with Crippen LogP contribution in [0.5, 0.6) is 0 Å². The second kappa shape index (κ2) is 13.9. The number of hydrogen-bond donors (Lipinski definition) is 2. The maximum absolute atomic E-state index is 12.0. The molecule has 6 nitrogen and oxygen atoms in total. The Kier molecular flexibility index (Phi) is 12.8. The topological polar surface area (TPSA) is 66.0 Å². The molecule has 158 valence electrons. The SMILES string of the molecule is CCNC(=NCC1(SC)CCOCC1)NCCCN1CCCCCC1=O.I. The second-order valence-corrected chi connectivity index (χ2v) is 8.44. The monoisotopic (exact) mass is 512 g/mol. The number of thioether (sulfide) groups is 1. The molecular formula is C19H37IN4O2S. The Labute approximate surface area is 186 Å². The molecule has 2 N–H and O–H groups in total. The van der Waals surface area contributed by atoms with Crippen molar-refractivity contribution in [2.45, 2.75) is 56.6 Å². The minimum Gasteiger partial charge on any atom is -0.381 e. The molecule has 0 aromatic heterocycles. The molecule has 2 aliphatic rings. The van der Waals surface area contributed by atoms with E-state index in [1.165, 1.54) is 6.42 Å². The molecule has 0 aromatic carbocycles. The van der Waals surface area contributed by atoms with Crippen molar-refractivity contribution >= 4 is 47.6 Å². The summed E-state index contributed by atoms with van der Waals surface area (Å²) >= 11 is 1.92. The van der Waals surface area contributed by atoms with E-state index in [-0.39, 0.29) is 28.7 Å². The van der Waals surface area contributed by atoms with Gasteiger partial charge in [0.2, 0.25) is 5.91 Å². The summed E-state index contributed by atoms with van der Waals surface area (Å²) in [6.07, 6.45) is 9.36. The Morgan fingerprint density at radius 2 is 2.04 bits per heavy atom. The van der Waals surface area contributed by atoms with Crippen LogP contribution in [-0.2, 0) is 9.53 Å². The third-order valence-corrected chi connectivity index (χ3v) is 6.68. The number of carbonyl (C=O) groups excluding carboxylic acids is 1. The molecule has 2 heterocycles. The molecule has 0 atom stereocenters. The molecule has 2 aliphatic heterocycles. The standard InChI is InChI=1S/C19H36N4O2S.HI/c1-3-20-18(22-16-19(26-2)9-14-25-15-10-19)21-11-7-13-23-12-6-4-5-8-17(23)24;/h3-16H2,1-2H3,(H2,20,21,22);1H. The lowest BCUT2D eigenvalue weighted by Gasteiger charge is -2.34. The highest BCUT2D eigenvalue weighted by Crippen LogP contribution is 2.33. The highest BCUT2D eigenvalue weighted by atomic mass is 127. The van der Waals surface area contributed by atoms with Crippen LogP contribution in [-0.4, -0.2) is 73.7 Å². The number of nitrogens with one attached hydrogen (secondary N) is 2. The van der Waals surface area contributed by atoms with Crippen molar-refractivity contribution in [2.24, 2.45) is 4.99 Å². The van der Waals surface area contributed by atoms with Gasteiger partial charge in [-0.25, -0.2) is 0 Å². The average molecular weight is 513 g/mol. The van der Waals surface area contributed by atoms with E-state index in [9.17, 15) is 4.79 Å². The van der Waals surface area contributed by atoms with Crippen LogP contribution in [0.3, 0.4) is 0 Å². The normalized spacial score (nSPS) is 20.6. The zero-order chi connectivity index (χ0) is 18.7. The molecule has 2 saturated heterocycles. The maximum Gasteiger partial charge on any atom is 0.222 e. The molecule has 8 heteroatoms. The molecule has 0 radical (unpaired) electrons. The van der Waals surface area contributed by atoms with Crippen LogP contribution >= 0.6 is 35.7 Å². The van der Waals surface area contributed by atoms with Crippen molar-refractivity contribution in [2.75, 3.05) is 52.2 Å². The fourth-order valence-corrected chi connectivity index (χ4v) is 4.26. The Balaban J connectivity index is 0.00000364. The summed E-state index contributed by atoms with van der Waals surface area (Å²) in [7, 11) is 0. The van der Waals surface area contributed by atoms with E-state index in [4.69, 9.17) is 9.73 Å². The smallest absolute Gasteiger partial charge is 0.222 e. The molecular weight excluding hydrogens is 475 g/mol. The number of aliphatic imine (C=N–C) groups is 1. The quantitative estimate of drug-likeness (QED) is 0.227. The van der Waals surface area contributed by atoms with Crippen LogP contribution in [0.4, 0.5) is 0 Å². The molecule has 2 fully saturated rings. The molecule has 0 aliphatic carbocycles. The Hall–Kier alpha value is -0.220. The predicted molar refractivity (Wildman–Crippen MR) is 125 cm³/mol. The molecule has 0 aromatic rings. The van der Waals surface area contributed by atoms with Crippen molar-refractivity contribution in [3.05, 3.63) is 0 Å². The van der Waals surface area contributed by atoms with Crippen molar-refractivity contribution in [3.8, 4) is 0 Å². The molecule has 0 unspecified atom stereocenters. The van der Waals surface area contributed by atoms with Crippen LogP contribution in [0.2, 0.25) is 0 Å². The number of guanidine groups is 1. The van der Waals surface area contributed by atoms with Gasteiger partial charge in [0.05, 0.1) is 6.54 Å². The molecule has 0 spiro atoms. The molecule has 27 heavy (non-hydrogen) atoms. The van der Waals surface area contributed by atoms with E-state index in [0.29, 0.717) is 5.91 Å². The maximum atomic E-state index is 12.0. The largest absolute Gasteiger partial charge is 0.381 e. The number of ether oxygens (including phenoxy) is 1. The van der Waals surface area contributed by atoms with Crippen molar-refractivity contribution in [1.29, 1.82) is 0 Å². The number of halogens is 1. The van der Waals surface area contributed by atoms with E-state index in [2.05, 4.69) is 23.8 Å². The number of nitrogens with zero attached hydrogens (tertiary/aromatic N) is 2. The molecule has 0 bridgehead atoms. The zero-order valence-electron chi connectivity index (χ0n) is 16.9. The third-order valence-electron chi connectivity index (χ3n) is 5.28. The van der Waals surface area contributed by atoms with Gasteiger partial charge in [-0.15, -0.1) is 24.0 Å². The second-order valence-electron chi connectivity index (χ2n) is 7.17. The number of hydrogen-bond acceptors (Lipinski definition) is 4. The summed E-state index contributed by atoms with van der Waals surface area (Å²) in [5.74, 6) is 1.21. The van der Waals surface area contributed by atoms with Gasteiger partial charge in [-0.05, 0) is 45.3 Å². The lowest BCUT2D eigenvalue weighted by Crippen LogP contribution is -2.42. The minimum absolute atomic E-state index is 0. The van der Waals surface area contributed by atoms with Gasteiger partial charge >= 0.3 is 0 Å². The minimum atomic E-state index is 0. The summed E-state index contributed by atoms with van der Waals surface area (Å²) in [5, 5.41) is 6.77. The third kappa shape index (κ3) is 8.77. The Morgan fingerprint density at radius 1 is 1.26 bits per heavy atom. The van der Waals surface area contributed by atoms with E-state index in [0.717, 1.165) is 90.4 Å². The first-order valence-corrected chi connectivity index (χ1v) is 11.3. The van der Waals surface area contributed by atoms with E-state index in [1.54, 1.807) is 0 Å². The van der Waals surface area contributed by atoms with Crippen LogP contribution in [0, 0.1) is 0 Å². The first-order valence-electron chi connectivity index (χ1n) is 10.1. The molecule has 2 rings (SSSR count). The first-order chi connectivity index (χ1) is 12.7. The van der Waals surface area contributed by atoms with Crippen LogP contribution in [0.15, 0.2) is 4.99 Å². The van der Waals surface area contributed by atoms with Crippen LogP contribution in [0.1, 0.15) is 51.9 Å². The zero-order valence-corrected chi connectivity index (χ0v) is 20.1. The Morgan fingerprint density at radius 3 is 2.74 bits per heavy atom. The van der Waals surface area contributed by atoms with Gasteiger partial charge in [0.1, 0.15) is 0 Å². The fourth-order valence-electron chi connectivity index (χ4n) is 3.49. The van der Waals surface area contributed by atoms with Crippen molar-refractivity contribution < 1.29 is 9.53 Å². The van der Waals surface area contributed by atoms with Gasteiger partial charge in [0, 0.05) is 50.6 Å². The summed E-state index contributed by atoms with van der Waals surface area (Å²) in [4.78, 5) is 18.9. The summed E-state index contributed by atoms with van der Waals surface area (Å²) in [6.45, 7) is 8.04. The van der Waals surface area contributed by atoms with Gasteiger partial charge in [-0.1, -0.05) is 6.42 Å². The number of likely N-dealkylation sites (tertiary alicyclic amines) is 1. The van der Waals surface area contributed by atoms with Crippen LogP contribution < -0.4 is 10.6 Å². The van der Waals surface area contributed by atoms with Crippen molar-refractivity contribution in [1.82, 2.24) is 15.5 Å². The summed E-state index contributed by atoms with van der Waals surface area (Å²) in [5.41, 5.74) is 0.